The molecule has 2 N–H and O–H groups in total. The summed E-state index contributed by atoms with van der Waals surface area (Å²) >= 11 is 0. The molecule has 156 valence electrons. The molecule has 0 aliphatic carbocycles. The van der Waals surface area contributed by atoms with Gasteiger partial charge in [-0.15, -0.1) is 0 Å². The van der Waals surface area contributed by atoms with Crippen molar-refractivity contribution in [2.75, 3.05) is 29.9 Å². The quantitative estimate of drug-likeness (QED) is 0.594. The lowest BCUT2D eigenvalue weighted by Gasteiger charge is -2.27. The van der Waals surface area contributed by atoms with Crippen LogP contribution >= 0.6 is 0 Å². The molecule has 0 fully saturated rings. The van der Waals surface area contributed by atoms with E-state index in [0.717, 1.165) is 12.2 Å². The highest BCUT2D eigenvalue weighted by Gasteiger charge is 2.12. The van der Waals surface area contributed by atoms with E-state index in [1.807, 2.05) is 24.3 Å². The molecule has 2 aromatic rings. The molecule has 0 spiro atoms. The van der Waals surface area contributed by atoms with E-state index in [1.54, 1.807) is 6.07 Å². The van der Waals surface area contributed by atoms with Gasteiger partial charge < -0.3 is 24.7 Å². The SMILES string of the molecule is CCN(c1ccc(NC(=O)COC(=O)CCNC(=O)c2ccco2)cc1)C(C)C. The van der Waals surface area contributed by atoms with Crippen LogP contribution in [0.15, 0.2) is 47.1 Å². The lowest BCUT2D eigenvalue weighted by Crippen LogP contribution is -2.30. The average molecular weight is 401 g/mol. The van der Waals surface area contributed by atoms with Gasteiger partial charge in [-0.1, -0.05) is 0 Å². The van der Waals surface area contributed by atoms with Gasteiger partial charge in [0.1, 0.15) is 0 Å². The van der Waals surface area contributed by atoms with Gasteiger partial charge in [0.05, 0.1) is 12.7 Å². The second kappa shape index (κ2) is 10.9. The van der Waals surface area contributed by atoms with Crippen molar-refractivity contribution in [2.45, 2.75) is 33.2 Å². The van der Waals surface area contributed by atoms with Crippen molar-refractivity contribution in [3.8, 4) is 0 Å². The number of esters is 1. The van der Waals surface area contributed by atoms with Gasteiger partial charge in [0.15, 0.2) is 12.4 Å². The second-order valence-electron chi connectivity index (χ2n) is 6.62. The van der Waals surface area contributed by atoms with E-state index in [2.05, 4.69) is 36.3 Å². The molecule has 0 radical (unpaired) electrons. The molecule has 29 heavy (non-hydrogen) atoms. The Morgan fingerprint density at radius 2 is 1.86 bits per heavy atom. The topological polar surface area (TPSA) is 101 Å². The Balaban J connectivity index is 1.69. The number of carbonyl (C=O) groups excluding carboxylic acids is 3. The number of carbonyl (C=O) groups is 3. The van der Waals surface area contributed by atoms with Crippen molar-refractivity contribution in [1.82, 2.24) is 5.32 Å². The van der Waals surface area contributed by atoms with Crippen LogP contribution < -0.4 is 15.5 Å². The zero-order chi connectivity index (χ0) is 21.2. The number of hydrogen-bond acceptors (Lipinski definition) is 6. The third-order valence-electron chi connectivity index (χ3n) is 4.17. The third kappa shape index (κ3) is 6.99. The maximum Gasteiger partial charge on any atom is 0.308 e. The molecule has 0 saturated heterocycles. The standard InChI is InChI=1S/C21H27N3O5/c1-4-24(15(2)3)17-9-7-16(8-10-17)23-19(25)14-29-20(26)11-12-22-21(27)18-6-5-13-28-18/h5-10,13,15H,4,11-12,14H2,1-3H3,(H,22,27)(H,23,25). The Bertz CT molecular complexity index is 800. The maximum absolute atomic E-state index is 12.0. The van der Waals surface area contributed by atoms with Gasteiger partial charge in [0.25, 0.3) is 11.8 Å². The minimum atomic E-state index is -0.578. The molecular weight excluding hydrogens is 374 g/mol. The summed E-state index contributed by atoms with van der Waals surface area (Å²) in [5.41, 5.74) is 1.70. The Morgan fingerprint density at radius 3 is 2.45 bits per heavy atom. The molecule has 8 nitrogen and oxygen atoms in total. The monoisotopic (exact) mass is 401 g/mol. The van der Waals surface area contributed by atoms with Crippen LogP contribution in [0.3, 0.4) is 0 Å². The molecule has 1 heterocycles. The summed E-state index contributed by atoms with van der Waals surface area (Å²) in [5, 5.41) is 5.22. The van der Waals surface area contributed by atoms with Crippen LogP contribution in [0.5, 0.6) is 0 Å². The van der Waals surface area contributed by atoms with Gasteiger partial charge in [-0.25, -0.2) is 0 Å². The Kier molecular flexibility index (Phi) is 8.27. The zero-order valence-electron chi connectivity index (χ0n) is 16.9. The fourth-order valence-electron chi connectivity index (χ4n) is 2.77. The predicted octanol–water partition coefficient (Wildman–Crippen LogP) is 2.82. The summed E-state index contributed by atoms with van der Waals surface area (Å²) in [7, 11) is 0. The van der Waals surface area contributed by atoms with E-state index in [4.69, 9.17) is 9.15 Å². The molecule has 0 atom stereocenters. The minimum Gasteiger partial charge on any atom is -0.459 e. The molecule has 0 bridgehead atoms. The van der Waals surface area contributed by atoms with Crippen molar-refractivity contribution >= 4 is 29.2 Å². The lowest BCUT2D eigenvalue weighted by molar-refractivity contribution is -0.147. The summed E-state index contributed by atoms with van der Waals surface area (Å²) in [4.78, 5) is 37.5. The van der Waals surface area contributed by atoms with Crippen LogP contribution in [0.1, 0.15) is 37.7 Å². The first-order chi connectivity index (χ1) is 13.9. The molecule has 1 aromatic carbocycles. The Morgan fingerprint density at radius 1 is 1.14 bits per heavy atom. The second-order valence-corrected chi connectivity index (χ2v) is 6.62. The van der Waals surface area contributed by atoms with Crippen LogP contribution in [-0.2, 0) is 14.3 Å². The summed E-state index contributed by atoms with van der Waals surface area (Å²) in [6.07, 6.45) is 1.34. The van der Waals surface area contributed by atoms with E-state index in [9.17, 15) is 14.4 Å². The highest BCUT2D eigenvalue weighted by molar-refractivity contribution is 5.93. The molecule has 0 unspecified atom stereocenters. The molecule has 0 aliphatic rings. The lowest BCUT2D eigenvalue weighted by atomic mass is 10.2. The number of anilines is 2. The maximum atomic E-state index is 12.0. The molecule has 8 heteroatoms. The molecule has 1 aromatic heterocycles. The van der Waals surface area contributed by atoms with Gasteiger partial charge in [-0.2, -0.15) is 0 Å². The highest BCUT2D eigenvalue weighted by Crippen LogP contribution is 2.19. The Labute approximate surface area is 170 Å². The van der Waals surface area contributed by atoms with Crippen LogP contribution in [-0.4, -0.2) is 43.5 Å². The molecule has 2 amide bonds. The number of benzene rings is 1. The van der Waals surface area contributed by atoms with Crippen molar-refractivity contribution < 1.29 is 23.5 Å². The van der Waals surface area contributed by atoms with Crippen molar-refractivity contribution in [3.63, 3.8) is 0 Å². The number of nitrogens with zero attached hydrogens (tertiary/aromatic N) is 1. The number of rotatable bonds is 10. The first-order valence-electron chi connectivity index (χ1n) is 9.54. The smallest absolute Gasteiger partial charge is 0.308 e. The van der Waals surface area contributed by atoms with E-state index < -0.39 is 17.8 Å². The summed E-state index contributed by atoms with van der Waals surface area (Å²) in [6.45, 7) is 6.92. The van der Waals surface area contributed by atoms with Crippen LogP contribution in [0, 0.1) is 0 Å². The molecule has 0 aliphatic heterocycles. The number of nitrogens with one attached hydrogen (secondary N) is 2. The highest BCUT2D eigenvalue weighted by atomic mass is 16.5. The van der Waals surface area contributed by atoms with Gasteiger partial charge in [-0.3, -0.25) is 14.4 Å². The zero-order valence-corrected chi connectivity index (χ0v) is 16.9. The Hall–Kier alpha value is -3.29. The number of furan rings is 1. The van der Waals surface area contributed by atoms with Crippen LogP contribution in [0.2, 0.25) is 0 Å². The van der Waals surface area contributed by atoms with Gasteiger partial charge in [0.2, 0.25) is 0 Å². The first kappa shape index (κ1) is 22.0. The van der Waals surface area contributed by atoms with E-state index >= 15 is 0 Å². The predicted molar refractivity (Wildman–Crippen MR) is 110 cm³/mol. The molecule has 2 rings (SSSR count). The first-order valence-corrected chi connectivity index (χ1v) is 9.54. The van der Waals surface area contributed by atoms with Crippen molar-refractivity contribution in [2.24, 2.45) is 0 Å². The fraction of sp³-hybridized carbons (Fsp3) is 0.381. The average Bonchev–Trinajstić information content (AvgIpc) is 3.23. The van der Waals surface area contributed by atoms with Crippen molar-refractivity contribution in [3.05, 3.63) is 48.4 Å². The number of ether oxygens (including phenoxy) is 1. The number of hydrogen-bond donors (Lipinski definition) is 2. The van der Waals surface area contributed by atoms with Gasteiger partial charge >= 0.3 is 5.97 Å². The summed E-state index contributed by atoms with van der Waals surface area (Å²) in [5.74, 6) is -1.25. The van der Waals surface area contributed by atoms with Gasteiger partial charge in [-0.05, 0) is 57.2 Å². The molecule has 0 saturated carbocycles. The summed E-state index contributed by atoms with van der Waals surface area (Å²) in [6, 6.07) is 11.0. The third-order valence-corrected chi connectivity index (χ3v) is 4.17. The largest absolute Gasteiger partial charge is 0.459 e. The van der Waals surface area contributed by atoms with Gasteiger partial charge in [0, 0.05) is 30.5 Å². The normalized spacial score (nSPS) is 10.5. The molecular formula is C21H27N3O5. The van der Waals surface area contributed by atoms with E-state index in [1.165, 1.54) is 12.3 Å². The fourth-order valence-corrected chi connectivity index (χ4v) is 2.77. The van der Waals surface area contributed by atoms with Crippen LogP contribution in [0.4, 0.5) is 11.4 Å². The number of amides is 2. The van der Waals surface area contributed by atoms with E-state index in [-0.39, 0.29) is 25.3 Å². The van der Waals surface area contributed by atoms with Crippen molar-refractivity contribution in [1.29, 1.82) is 0 Å². The minimum absolute atomic E-state index is 0.0452. The van der Waals surface area contributed by atoms with Crippen LogP contribution in [0.25, 0.3) is 0 Å². The van der Waals surface area contributed by atoms with E-state index in [0.29, 0.717) is 11.7 Å². The summed E-state index contributed by atoms with van der Waals surface area (Å²) < 4.78 is 9.87.